The van der Waals surface area contributed by atoms with Gasteiger partial charge in [-0.3, -0.25) is 9.59 Å². The van der Waals surface area contributed by atoms with Gasteiger partial charge in [0.1, 0.15) is 24.4 Å². The Labute approximate surface area is 388 Å². The number of esters is 1. The van der Waals surface area contributed by atoms with Crippen LogP contribution in [0.3, 0.4) is 0 Å². The molecule has 64 heavy (non-hydrogen) atoms. The summed E-state index contributed by atoms with van der Waals surface area (Å²) >= 11 is 0. The van der Waals surface area contributed by atoms with Crippen LogP contribution in [0.15, 0.2) is 60.8 Å². The standard InChI is InChI=1S/C53H93NO10/c1-3-5-7-9-11-13-14-15-16-17-21-25-29-33-37-41-49(58)62-42-38-34-30-26-22-19-18-20-24-28-32-36-40-48(57)54-45(46(56)39-35-31-27-23-12-10-8-6-4-2)44-63-53-52(61)51(60)50(59)47(43-55)64-53/h4,6,12,15-16,19,22-23,35,39,45-47,50-53,55-56,59-61H,3,5,7-11,13-14,17-18,20-21,24-34,36-38,40-44H2,1-2H3,(H,54,57)/b6-4+,16-15-,22-19-,23-12+,39-35+. The van der Waals surface area contributed by atoms with E-state index >= 15 is 0 Å². The Morgan fingerprint density at radius 2 is 1.08 bits per heavy atom. The van der Waals surface area contributed by atoms with Crippen LogP contribution < -0.4 is 5.32 Å². The molecule has 1 saturated heterocycles. The Morgan fingerprint density at radius 1 is 0.594 bits per heavy atom. The van der Waals surface area contributed by atoms with Crippen molar-refractivity contribution in [2.75, 3.05) is 19.8 Å². The van der Waals surface area contributed by atoms with Crippen LogP contribution in [0.2, 0.25) is 0 Å². The number of hydrogen-bond donors (Lipinski definition) is 6. The molecule has 11 heteroatoms. The maximum absolute atomic E-state index is 12.9. The Bertz CT molecular complexity index is 1250. The number of hydrogen-bond acceptors (Lipinski definition) is 10. The van der Waals surface area contributed by atoms with Crippen molar-refractivity contribution >= 4 is 11.9 Å². The number of aliphatic hydroxyl groups excluding tert-OH is 5. The first kappa shape index (κ1) is 59.4. The van der Waals surface area contributed by atoms with E-state index in [-0.39, 0.29) is 18.5 Å². The van der Waals surface area contributed by atoms with Crippen molar-refractivity contribution in [1.29, 1.82) is 0 Å². The van der Waals surface area contributed by atoms with Gasteiger partial charge in [0, 0.05) is 12.8 Å². The van der Waals surface area contributed by atoms with Crippen LogP contribution in [0.1, 0.15) is 200 Å². The van der Waals surface area contributed by atoms with E-state index < -0.39 is 49.5 Å². The number of carbonyl (C=O) groups is 2. The number of ether oxygens (including phenoxy) is 3. The molecule has 1 fully saturated rings. The molecule has 1 heterocycles. The summed E-state index contributed by atoms with van der Waals surface area (Å²) in [5.74, 6) is -0.286. The van der Waals surface area contributed by atoms with E-state index in [2.05, 4.69) is 54.8 Å². The van der Waals surface area contributed by atoms with Gasteiger partial charge in [0.15, 0.2) is 6.29 Å². The molecule has 1 aliphatic rings. The van der Waals surface area contributed by atoms with Crippen LogP contribution in [0.5, 0.6) is 0 Å². The predicted molar refractivity (Wildman–Crippen MR) is 260 cm³/mol. The fraction of sp³-hybridized carbons (Fsp3) is 0.774. The molecule has 1 rings (SSSR count). The maximum atomic E-state index is 12.9. The second-order valence-electron chi connectivity index (χ2n) is 17.5. The van der Waals surface area contributed by atoms with Gasteiger partial charge in [-0.1, -0.05) is 138 Å². The molecule has 0 saturated carbocycles. The third-order valence-corrected chi connectivity index (χ3v) is 11.6. The summed E-state index contributed by atoms with van der Waals surface area (Å²) < 4.78 is 16.6. The zero-order chi connectivity index (χ0) is 46.7. The first-order valence-electron chi connectivity index (χ1n) is 25.5. The summed E-state index contributed by atoms with van der Waals surface area (Å²) in [6.45, 7) is 3.97. The van der Waals surface area contributed by atoms with Crippen molar-refractivity contribution in [1.82, 2.24) is 5.32 Å². The quantitative estimate of drug-likeness (QED) is 0.0197. The molecule has 0 radical (unpaired) electrons. The van der Waals surface area contributed by atoms with Crippen LogP contribution in [0, 0.1) is 0 Å². The van der Waals surface area contributed by atoms with E-state index in [1.807, 2.05) is 19.1 Å². The molecular weight excluding hydrogens is 811 g/mol. The van der Waals surface area contributed by atoms with E-state index in [1.165, 1.54) is 70.6 Å². The molecule has 0 aromatic carbocycles. The lowest BCUT2D eigenvalue weighted by atomic mass is 9.99. The largest absolute Gasteiger partial charge is 0.466 e. The summed E-state index contributed by atoms with van der Waals surface area (Å²) in [5, 5.41) is 54.0. The van der Waals surface area contributed by atoms with E-state index in [0.717, 1.165) is 89.9 Å². The number of rotatable bonds is 42. The van der Waals surface area contributed by atoms with E-state index in [4.69, 9.17) is 14.2 Å². The van der Waals surface area contributed by atoms with Crippen molar-refractivity contribution in [2.45, 2.75) is 243 Å². The molecule has 0 aromatic heterocycles. The summed E-state index contributed by atoms with van der Waals surface area (Å²) in [6, 6.07) is -0.853. The topological polar surface area (TPSA) is 175 Å². The fourth-order valence-electron chi connectivity index (χ4n) is 7.52. The highest BCUT2D eigenvalue weighted by Crippen LogP contribution is 2.22. The van der Waals surface area contributed by atoms with Gasteiger partial charge in [-0.25, -0.2) is 0 Å². The SMILES string of the molecule is C/C=C/CC/C=C/CC/C=C/C(O)C(COC1OC(CO)C(O)C(O)C1O)NC(=O)CCCCCCC/C=C\CCCCCOC(=O)CCCCCCC/C=C\CCCCCCCC. The minimum absolute atomic E-state index is 0.0583. The minimum Gasteiger partial charge on any atom is -0.466 e. The molecule has 1 amide bonds. The number of aliphatic hydroxyl groups is 5. The van der Waals surface area contributed by atoms with Crippen molar-refractivity contribution < 1.29 is 49.3 Å². The molecule has 0 aromatic rings. The first-order valence-corrected chi connectivity index (χ1v) is 25.5. The monoisotopic (exact) mass is 904 g/mol. The minimum atomic E-state index is -1.59. The van der Waals surface area contributed by atoms with Gasteiger partial charge in [-0.2, -0.15) is 0 Å². The first-order chi connectivity index (χ1) is 31.2. The Kier molecular flexibility index (Phi) is 39.9. The summed E-state index contributed by atoms with van der Waals surface area (Å²) in [7, 11) is 0. The van der Waals surface area contributed by atoms with Gasteiger partial charge in [0.05, 0.1) is 32.0 Å². The molecule has 0 spiro atoms. The van der Waals surface area contributed by atoms with E-state index in [9.17, 15) is 35.1 Å². The number of nitrogens with one attached hydrogen (secondary N) is 1. The molecular formula is C53H93NO10. The highest BCUT2D eigenvalue weighted by Gasteiger charge is 2.44. The van der Waals surface area contributed by atoms with Crippen LogP contribution in [-0.2, 0) is 23.8 Å². The molecule has 1 aliphatic heterocycles. The lowest BCUT2D eigenvalue weighted by molar-refractivity contribution is -0.302. The van der Waals surface area contributed by atoms with Crippen molar-refractivity contribution in [3.05, 3.63) is 60.8 Å². The predicted octanol–water partition coefficient (Wildman–Crippen LogP) is 10.3. The molecule has 0 aliphatic carbocycles. The van der Waals surface area contributed by atoms with Gasteiger partial charge < -0.3 is 45.1 Å². The lowest BCUT2D eigenvalue weighted by Crippen LogP contribution is -2.60. The van der Waals surface area contributed by atoms with Crippen molar-refractivity contribution in [3.8, 4) is 0 Å². The highest BCUT2D eigenvalue weighted by molar-refractivity contribution is 5.76. The highest BCUT2D eigenvalue weighted by atomic mass is 16.7. The summed E-state index contributed by atoms with van der Waals surface area (Å²) in [6.07, 6.45) is 43.3. The van der Waals surface area contributed by atoms with Crippen LogP contribution in [0.4, 0.5) is 0 Å². The molecule has 370 valence electrons. The lowest BCUT2D eigenvalue weighted by Gasteiger charge is -2.40. The summed E-state index contributed by atoms with van der Waals surface area (Å²) in [5.41, 5.74) is 0. The summed E-state index contributed by atoms with van der Waals surface area (Å²) in [4.78, 5) is 25.0. The Hall–Kier alpha value is -2.64. The number of carbonyl (C=O) groups excluding carboxylic acids is 2. The van der Waals surface area contributed by atoms with Gasteiger partial charge in [-0.05, 0) is 110 Å². The van der Waals surface area contributed by atoms with Crippen LogP contribution >= 0.6 is 0 Å². The zero-order valence-electron chi connectivity index (χ0n) is 40.2. The normalized spacial score (nSPS) is 20.4. The van der Waals surface area contributed by atoms with Crippen LogP contribution in [-0.4, -0.2) is 100 Å². The smallest absolute Gasteiger partial charge is 0.305 e. The maximum Gasteiger partial charge on any atom is 0.305 e. The Morgan fingerprint density at radius 3 is 1.64 bits per heavy atom. The second kappa shape index (κ2) is 43.0. The van der Waals surface area contributed by atoms with Crippen molar-refractivity contribution in [3.63, 3.8) is 0 Å². The number of allylic oxidation sites excluding steroid dienone is 9. The Balaban J connectivity index is 2.16. The van der Waals surface area contributed by atoms with Gasteiger partial charge in [0.2, 0.25) is 5.91 Å². The van der Waals surface area contributed by atoms with Crippen LogP contribution in [0.25, 0.3) is 0 Å². The third kappa shape index (κ3) is 32.9. The van der Waals surface area contributed by atoms with Gasteiger partial charge in [0.25, 0.3) is 0 Å². The van der Waals surface area contributed by atoms with E-state index in [1.54, 1.807) is 6.08 Å². The zero-order valence-corrected chi connectivity index (χ0v) is 40.2. The van der Waals surface area contributed by atoms with Gasteiger partial charge in [-0.15, -0.1) is 0 Å². The average Bonchev–Trinajstić information content (AvgIpc) is 3.29. The van der Waals surface area contributed by atoms with Crippen molar-refractivity contribution in [2.24, 2.45) is 0 Å². The molecule has 11 nitrogen and oxygen atoms in total. The number of amides is 1. The van der Waals surface area contributed by atoms with E-state index in [0.29, 0.717) is 32.3 Å². The fourth-order valence-corrected chi connectivity index (χ4v) is 7.52. The second-order valence-corrected chi connectivity index (χ2v) is 17.5. The molecule has 7 unspecified atom stereocenters. The number of unbranched alkanes of at least 4 members (excludes halogenated alkanes) is 21. The average molecular weight is 904 g/mol. The molecule has 6 N–H and O–H groups in total. The molecule has 7 atom stereocenters. The van der Waals surface area contributed by atoms with Gasteiger partial charge >= 0.3 is 5.97 Å². The molecule has 0 bridgehead atoms. The third-order valence-electron chi connectivity index (χ3n) is 11.6.